The molecule has 0 spiro atoms. The largest absolute Gasteiger partial charge is 0.505 e. The van der Waals surface area contributed by atoms with Gasteiger partial charge in [0.1, 0.15) is 17.2 Å². The van der Waals surface area contributed by atoms with Crippen molar-refractivity contribution in [3.05, 3.63) is 113 Å². The van der Waals surface area contributed by atoms with Crippen molar-refractivity contribution < 1.29 is 19.1 Å². The third-order valence-corrected chi connectivity index (χ3v) is 6.14. The van der Waals surface area contributed by atoms with Crippen LogP contribution >= 0.6 is 0 Å². The summed E-state index contributed by atoms with van der Waals surface area (Å²) < 4.78 is 15.4. The number of aliphatic hydroxyl groups excluding tert-OH is 1. The second-order valence-corrected chi connectivity index (χ2v) is 8.25. The Bertz CT molecular complexity index is 1420. The zero-order chi connectivity index (χ0) is 23.8. The molecule has 0 saturated carbocycles. The number of ketones is 1. The zero-order valence-electron chi connectivity index (χ0n) is 18.5. The van der Waals surface area contributed by atoms with Gasteiger partial charge in [-0.25, -0.2) is 9.37 Å². The Balaban J connectivity index is 1.65. The molecule has 1 N–H and O–H groups in total. The molecule has 5 rings (SSSR count). The van der Waals surface area contributed by atoms with Gasteiger partial charge < -0.3 is 10.0 Å². The topological polar surface area (TPSA) is 74.9 Å². The molecule has 6 nitrogen and oxygen atoms in total. The lowest BCUT2D eigenvalue weighted by Gasteiger charge is -2.25. The van der Waals surface area contributed by atoms with Crippen molar-refractivity contribution >= 4 is 23.1 Å². The highest BCUT2D eigenvalue weighted by molar-refractivity contribution is 6.46. The van der Waals surface area contributed by atoms with Crippen LogP contribution in [0.15, 0.2) is 84.6 Å². The minimum atomic E-state index is -0.849. The van der Waals surface area contributed by atoms with Crippen LogP contribution in [0.2, 0.25) is 0 Å². The third kappa shape index (κ3) is 3.65. The molecule has 0 aliphatic carbocycles. The number of amides is 1. The Hall–Kier alpha value is -4.26. The molecule has 4 aromatic rings. The van der Waals surface area contributed by atoms with E-state index < -0.39 is 23.5 Å². The molecule has 2 aromatic heterocycles. The van der Waals surface area contributed by atoms with Crippen molar-refractivity contribution in [2.75, 3.05) is 6.54 Å². The second kappa shape index (κ2) is 8.59. The highest BCUT2D eigenvalue weighted by atomic mass is 19.1. The molecule has 0 radical (unpaired) electrons. The predicted octanol–water partition coefficient (Wildman–Crippen LogP) is 4.45. The molecule has 1 fully saturated rings. The lowest BCUT2D eigenvalue weighted by molar-refractivity contribution is -0.139. The van der Waals surface area contributed by atoms with Gasteiger partial charge in [0.2, 0.25) is 0 Å². The van der Waals surface area contributed by atoms with Crippen molar-refractivity contribution in [2.45, 2.75) is 19.4 Å². The van der Waals surface area contributed by atoms with Gasteiger partial charge >= 0.3 is 0 Å². The molecule has 34 heavy (non-hydrogen) atoms. The number of imidazole rings is 1. The van der Waals surface area contributed by atoms with Gasteiger partial charge in [-0.15, -0.1) is 0 Å². The van der Waals surface area contributed by atoms with E-state index in [9.17, 15) is 19.1 Å². The van der Waals surface area contributed by atoms with Crippen molar-refractivity contribution in [1.29, 1.82) is 0 Å². The maximum Gasteiger partial charge on any atom is 0.295 e. The summed E-state index contributed by atoms with van der Waals surface area (Å²) >= 11 is 0. The van der Waals surface area contributed by atoms with Gasteiger partial charge in [0.05, 0.1) is 17.3 Å². The van der Waals surface area contributed by atoms with Crippen molar-refractivity contribution in [3.8, 4) is 0 Å². The minimum Gasteiger partial charge on any atom is -0.505 e. The number of carbonyl (C=O) groups excluding carboxylic acids is 2. The number of pyridine rings is 1. The number of carbonyl (C=O) groups is 2. The van der Waals surface area contributed by atoms with Gasteiger partial charge in [-0.1, -0.05) is 48.5 Å². The summed E-state index contributed by atoms with van der Waals surface area (Å²) in [6.45, 7) is 2.00. The van der Waals surface area contributed by atoms with E-state index in [4.69, 9.17) is 0 Å². The van der Waals surface area contributed by atoms with Crippen LogP contribution in [-0.4, -0.2) is 37.6 Å². The molecular formula is C27H22FN3O3. The van der Waals surface area contributed by atoms with Crippen LogP contribution in [0.25, 0.3) is 11.4 Å². The smallest absolute Gasteiger partial charge is 0.295 e. The van der Waals surface area contributed by atoms with Crippen LogP contribution < -0.4 is 0 Å². The van der Waals surface area contributed by atoms with Gasteiger partial charge in [0.15, 0.2) is 5.76 Å². The molecule has 0 bridgehead atoms. The number of aryl methyl sites for hydroxylation is 1. The normalized spacial score (nSPS) is 17.6. The summed E-state index contributed by atoms with van der Waals surface area (Å²) in [4.78, 5) is 32.3. The van der Waals surface area contributed by atoms with Crippen LogP contribution in [0.3, 0.4) is 0 Å². The summed E-state index contributed by atoms with van der Waals surface area (Å²) in [6, 6.07) is 19.8. The summed E-state index contributed by atoms with van der Waals surface area (Å²) in [5.41, 5.74) is 3.01. The number of nitrogens with zero attached hydrogens (tertiary/aromatic N) is 3. The maximum absolute atomic E-state index is 13.7. The zero-order valence-corrected chi connectivity index (χ0v) is 18.5. The molecule has 1 aliphatic rings. The second-order valence-electron chi connectivity index (χ2n) is 8.25. The fraction of sp³-hybridized carbons (Fsp3) is 0.148. The lowest BCUT2D eigenvalue weighted by Crippen LogP contribution is -2.31. The number of halogens is 1. The van der Waals surface area contributed by atoms with E-state index in [1.54, 1.807) is 29.7 Å². The van der Waals surface area contributed by atoms with Crippen molar-refractivity contribution in [2.24, 2.45) is 0 Å². The first-order valence-electron chi connectivity index (χ1n) is 11.0. The van der Waals surface area contributed by atoms with E-state index in [1.807, 2.05) is 36.4 Å². The Kier molecular flexibility index (Phi) is 5.45. The number of hydrogen-bond donors (Lipinski definition) is 1. The first-order valence-corrected chi connectivity index (χ1v) is 11.0. The van der Waals surface area contributed by atoms with Crippen LogP contribution in [-0.2, 0) is 16.0 Å². The van der Waals surface area contributed by atoms with Gasteiger partial charge in [0, 0.05) is 12.7 Å². The molecule has 1 atom stereocenters. The van der Waals surface area contributed by atoms with Crippen molar-refractivity contribution in [1.82, 2.24) is 14.3 Å². The number of rotatable bonds is 5. The first-order chi connectivity index (χ1) is 16.5. The maximum atomic E-state index is 13.7. The number of Topliss-reactive ketones (excluding diaryl/α,β-unsaturated/α-hetero) is 1. The fourth-order valence-corrected chi connectivity index (χ4v) is 4.52. The Morgan fingerprint density at radius 3 is 2.44 bits per heavy atom. The summed E-state index contributed by atoms with van der Waals surface area (Å²) in [5.74, 6) is -2.20. The van der Waals surface area contributed by atoms with E-state index >= 15 is 0 Å². The standard InChI is InChI=1S/C27H22FN3O3/c1-17-23(30-15-6-5-9-21(30)29-17)25(32)22-24(19-10-12-20(28)13-11-19)31(27(34)26(22)33)16-14-18-7-3-2-4-8-18/h2-13,15,24,32H,14,16H2,1H3. The summed E-state index contributed by atoms with van der Waals surface area (Å²) in [7, 11) is 0. The predicted molar refractivity (Wildman–Crippen MR) is 125 cm³/mol. The quantitative estimate of drug-likeness (QED) is 0.274. The van der Waals surface area contributed by atoms with Gasteiger partial charge in [-0.3, -0.25) is 14.0 Å². The number of fused-ring (bicyclic) bond motifs is 1. The number of aliphatic hydroxyl groups is 1. The number of aromatic nitrogens is 2. The fourth-order valence-electron chi connectivity index (χ4n) is 4.52. The average Bonchev–Trinajstić information content (AvgIpc) is 3.31. The monoisotopic (exact) mass is 455 g/mol. The van der Waals surface area contributed by atoms with E-state index in [2.05, 4.69) is 4.98 Å². The SMILES string of the molecule is Cc1nc2ccccn2c1C(O)=C1C(=O)C(=O)N(CCc2ccccc2)C1c1ccc(F)cc1. The molecule has 1 unspecified atom stereocenters. The molecular weight excluding hydrogens is 433 g/mol. The minimum absolute atomic E-state index is 0.0292. The third-order valence-electron chi connectivity index (χ3n) is 6.14. The number of hydrogen-bond acceptors (Lipinski definition) is 4. The van der Waals surface area contributed by atoms with E-state index in [-0.39, 0.29) is 17.9 Å². The Morgan fingerprint density at radius 2 is 1.71 bits per heavy atom. The molecule has 7 heteroatoms. The van der Waals surface area contributed by atoms with Gasteiger partial charge in [-0.05, 0) is 48.7 Å². The lowest BCUT2D eigenvalue weighted by atomic mass is 9.96. The molecule has 1 aliphatic heterocycles. The Labute approximate surface area is 195 Å². The molecule has 3 heterocycles. The summed E-state index contributed by atoms with van der Waals surface area (Å²) in [5, 5.41) is 11.4. The average molecular weight is 455 g/mol. The molecule has 1 amide bonds. The number of likely N-dealkylation sites (tertiary alicyclic amines) is 1. The molecule has 1 saturated heterocycles. The highest BCUT2D eigenvalue weighted by Crippen LogP contribution is 2.40. The summed E-state index contributed by atoms with van der Waals surface area (Å²) in [6.07, 6.45) is 2.27. The van der Waals surface area contributed by atoms with E-state index in [0.717, 1.165) is 5.56 Å². The van der Waals surface area contributed by atoms with Gasteiger partial charge in [0.25, 0.3) is 11.7 Å². The van der Waals surface area contributed by atoms with Gasteiger partial charge in [-0.2, -0.15) is 0 Å². The van der Waals surface area contributed by atoms with Crippen LogP contribution in [0, 0.1) is 12.7 Å². The Morgan fingerprint density at radius 1 is 1.00 bits per heavy atom. The van der Waals surface area contributed by atoms with E-state index in [1.165, 1.54) is 29.2 Å². The van der Waals surface area contributed by atoms with Crippen LogP contribution in [0.5, 0.6) is 0 Å². The highest BCUT2D eigenvalue weighted by Gasteiger charge is 2.46. The number of benzene rings is 2. The van der Waals surface area contributed by atoms with Crippen LogP contribution in [0.4, 0.5) is 4.39 Å². The van der Waals surface area contributed by atoms with Crippen LogP contribution in [0.1, 0.15) is 28.6 Å². The van der Waals surface area contributed by atoms with E-state index in [0.29, 0.717) is 29.0 Å². The molecule has 2 aromatic carbocycles. The van der Waals surface area contributed by atoms with Crippen molar-refractivity contribution in [3.63, 3.8) is 0 Å². The molecule has 170 valence electrons. The first kappa shape index (κ1) is 21.6.